The summed E-state index contributed by atoms with van der Waals surface area (Å²) >= 11 is 0. The van der Waals surface area contributed by atoms with Gasteiger partial charge in [0.15, 0.2) is 0 Å². The van der Waals surface area contributed by atoms with Gasteiger partial charge in [0.05, 0.1) is 0 Å². The summed E-state index contributed by atoms with van der Waals surface area (Å²) in [5, 5.41) is 3.64. The first-order valence-corrected chi connectivity index (χ1v) is 7.12. The molecule has 0 aromatic carbocycles. The Labute approximate surface area is 100 Å². The molecular formula is C14H28N2. The summed E-state index contributed by atoms with van der Waals surface area (Å²) in [7, 11) is 0. The van der Waals surface area contributed by atoms with Crippen molar-refractivity contribution in [2.75, 3.05) is 13.1 Å². The minimum absolute atomic E-state index is 0.170. The second kappa shape index (κ2) is 5.05. The van der Waals surface area contributed by atoms with Crippen molar-refractivity contribution in [3.05, 3.63) is 0 Å². The highest BCUT2D eigenvalue weighted by molar-refractivity contribution is 4.90. The Bertz CT molecular complexity index is 189. The smallest absolute Gasteiger partial charge is 0.0166 e. The maximum absolute atomic E-state index is 6.35. The molecule has 0 unspecified atom stereocenters. The molecule has 0 aliphatic heterocycles. The number of hydrogen-bond donors (Lipinski definition) is 2. The van der Waals surface area contributed by atoms with Crippen LogP contribution in [-0.4, -0.2) is 18.6 Å². The Morgan fingerprint density at radius 2 is 1.56 bits per heavy atom. The van der Waals surface area contributed by atoms with Crippen LogP contribution in [0.3, 0.4) is 0 Å². The lowest BCUT2D eigenvalue weighted by Gasteiger charge is -2.27. The molecule has 2 saturated carbocycles. The third-order valence-corrected chi connectivity index (χ3v) is 4.76. The molecule has 0 spiro atoms. The molecular weight excluding hydrogens is 196 g/mol. The van der Waals surface area contributed by atoms with Gasteiger partial charge in [-0.3, -0.25) is 0 Å². The minimum atomic E-state index is 0.170. The van der Waals surface area contributed by atoms with E-state index in [4.69, 9.17) is 5.73 Å². The molecule has 0 radical (unpaired) electrons. The molecule has 0 saturated heterocycles. The van der Waals surface area contributed by atoms with Gasteiger partial charge in [-0.25, -0.2) is 0 Å². The zero-order valence-electron chi connectivity index (χ0n) is 10.9. The SMILES string of the molecule is CC1(CNCCC2(N)CCCC2)CCCC1. The fraction of sp³-hybridized carbons (Fsp3) is 1.00. The summed E-state index contributed by atoms with van der Waals surface area (Å²) in [5.74, 6) is 0. The maximum atomic E-state index is 6.35. The van der Waals surface area contributed by atoms with E-state index < -0.39 is 0 Å². The van der Waals surface area contributed by atoms with E-state index >= 15 is 0 Å². The number of hydrogen-bond acceptors (Lipinski definition) is 2. The molecule has 2 rings (SSSR count). The molecule has 0 bridgehead atoms. The van der Waals surface area contributed by atoms with Crippen LogP contribution in [0.4, 0.5) is 0 Å². The van der Waals surface area contributed by atoms with Gasteiger partial charge < -0.3 is 11.1 Å². The Balaban J connectivity index is 1.61. The second-order valence-electron chi connectivity index (χ2n) is 6.51. The molecule has 0 heterocycles. The molecule has 2 fully saturated rings. The monoisotopic (exact) mass is 224 g/mol. The number of nitrogens with two attached hydrogens (primary N) is 1. The standard InChI is InChI=1S/C14H28N2/c1-13(6-2-3-7-13)12-16-11-10-14(15)8-4-5-9-14/h16H,2-12,15H2,1H3. The van der Waals surface area contributed by atoms with Crippen LogP contribution in [0.5, 0.6) is 0 Å². The van der Waals surface area contributed by atoms with Crippen LogP contribution in [0.25, 0.3) is 0 Å². The Morgan fingerprint density at radius 1 is 1.00 bits per heavy atom. The molecule has 3 N–H and O–H groups in total. The van der Waals surface area contributed by atoms with Crippen molar-refractivity contribution in [3.8, 4) is 0 Å². The van der Waals surface area contributed by atoms with Gasteiger partial charge in [0, 0.05) is 12.1 Å². The van der Waals surface area contributed by atoms with Gasteiger partial charge in [-0.05, 0) is 44.1 Å². The number of rotatable bonds is 5. The van der Waals surface area contributed by atoms with E-state index in [0.717, 1.165) is 6.54 Å². The van der Waals surface area contributed by atoms with Crippen LogP contribution < -0.4 is 11.1 Å². The summed E-state index contributed by atoms with van der Waals surface area (Å²) in [6.45, 7) is 4.75. The molecule has 0 aromatic rings. The first-order chi connectivity index (χ1) is 7.62. The third-order valence-electron chi connectivity index (χ3n) is 4.76. The third kappa shape index (κ3) is 3.21. The van der Waals surface area contributed by atoms with Gasteiger partial charge >= 0.3 is 0 Å². The van der Waals surface area contributed by atoms with Crippen LogP contribution in [0, 0.1) is 5.41 Å². The summed E-state index contributed by atoms with van der Waals surface area (Å²) in [5.41, 5.74) is 7.10. The Hall–Kier alpha value is -0.0800. The van der Waals surface area contributed by atoms with Crippen molar-refractivity contribution >= 4 is 0 Å². The van der Waals surface area contributed by atoms with Crippen molar-refractivity contribution in [2.24, 2.45) is 11.1 Å². The fourth-order valence-corrected chi connectivity index (χ4v) is 3.46. The van der Waals surface area contributed by atoms with Crippen molar-refractivity contribution in [2.45, 2.75) is 70.3 Å². The maximum Gasteiger partial charge on any atom is 0.0166 e. The van der Waals surface area contributed by atoms with Gasteiger partial charge in [-0.2, -0.15) is 0 Å². The highest BCUT2D eigenvalue weighted by Gasteiger charge is 2.30. The normalized spacial score (nSPS) is 27.4. The van der Waals surface area contributed by atoms with E-state index in [1.54, 1.807) is 0 Å². The molecule has 2 nitrogen and oxygen atoms in total. The van der Waals surface area contributed by atoms with E-state index in [1.165, 1.54) is 64.3 Å². The summed E-state index contributed by atoms with van der Waals surface area (Å²) in [6, 6.07) is 0. The van der Waals surface area contributed by atoms with Gasteiger partial charge in [0.1, 0.15) is 0 Å². The van der Waals surface area contributed by atoms with E-state index in [9.17, 15) is 0 Å². The number of nitrogens with one attached hydrogen (secondary N) is 1. The molecule has 2 heteroatoms. The van der Waals surface area contributed by atoms with Gasteiger partial charge in [-0.15, -0.1) is 0 Å². The van der Waals surface area contributed by atoms with Crippen molar-refractivity contribution < 1.29 is 0 Å². The summed E-state index contributed by atoms with van der Waals surface area (Å²) in [4.78, 5) is 0. The fourth-order valence-electron chi connectivity index (χ4n) is 3.46. The molecule has 16 heavy (non-hydrogen) atoms. The van der Waals surface area contributed by atoms with E-state index in [2.05, 4.69) is 12.2 Å². The predicted octanol–water partition coefficient (Wildman–Crippen LogP) is 2.82. The van der Waals surface area contributed by atoms with Gasteiger partial charge in [0.25, 0.3) is 0 Å². The lowest BCUT2D eigenvalue weighted by atomic mass is 9.88. The van der Waals surface area contributed by atoms with Crippen LogP contribution >= 0.6 is 0 Å². The quantitative estimate of drug-likeness (QED) is 0.705. The van der Waals surface area contributed by atoms with Gasteiger partial charge in [-0.1, -0.05) is 32.6 Å². The molecule has 0 aromatic heterocycles. The van der Waals surface area contributed by atoms with E-state index in [1.807, 2.05) is 0 Å². The van der Waals surface area contributed by atoms with Gasteiger partial charge in [0.2, 0.25) is 0 Å². The summed E-state index contributed by atoms with van der Waals surface area (Å²) < 4.78 is 0. The molecule has 0 amide bonds. The van der Waals surface area contributed by atoms with E-state index in [0.29, 0.717) is 5.41 Å². The highest BCUT2D eigenvalue weighted by Crippen LogP contribution is 2.36. The zero-order valence-corrected chi connectivity index (χ0v) is 10.9. The molecule has 94 valence electrons. The van der Waals surface area contributed by atoms with Crippen LogP contribution in [0.1, 0.15) is 64.7 Å². The van der Waals surface area contributed by atoms with E-state index in [-0.39, 0.29) is 5.54 Å². The first-order valence-electron chi connectivity index (χ1n) is 7.12. The lowest BCUT2D eigenvalue weighted by molar-refractivity contribution is 0.303. The van der Waals surface area contributed by atoms with Crippen LogP contribution in [0.15, 0.2) is 0 Å². The molecule has 2 aliphatic rings. The minimum Gasteiger partial charge on any atom is -0.325 e. The van der Waals surface area contributed by atoms with Crippen molar-refractivity contribution in [1.29, 1.82) is 0 Å². The zero-order chi connectivity index (χ0) is 11.5. The Morgan fingerprint density at radius 3 is 2.19 bits per heavy atom. The van der Waals surface area contributed by atoms with Crippen molar-refractivity contribution in [1.82, 2.24) is 5.32 Å². The van der Waals surface area contributed by atoms with Crippen LogP contribution in [-0.2, 0) is 0 Å². The second-order valence-corrected chi connectivity index (χ2v) is 6.51. The largest absolute Gasteiger partial charge is 0.325 e. The van der Waals surface area contributed by atoms with Crippen LogP contribution in [0.2, 0.25) is 0 Å². The first kappa shape index (κ1) is 12.4. The lowest BCUT2D eigenvalue weighted by Crippen LogP contribution is -2.40. The average Bonchev–Trinajstić information content (AvgIpc) is 2.84. The Kier molecular flexibility index (Phi) is 3.91. The average molecular weight is 224 g/mol. The highest BCUT2D eigenvalue weighted by atomic mass is 14.9. The van der Waals surface area contributed by atoms with Crippen molar-refractivity contribution in [3.63, 3.8) is 0 Å². The predicted molar refractivity (Wildman–Crippen MR) is 69.4 cm³/mol. The summed E-state index contributed by atoms with van der Waals surface area (Å²) in [6.07, 6.45) is 12.0. The topological polar surface area (TPSA) is 38.0 Å². The molecule has 0 atom stereocenters. The molecule has 2 aliphatic carbocycles.